The Bertz CT molecular complexity index is 751. The number of benzene rings is 2. The van der Waals surface area contributed by atoms with Gasteiger partial charge in [0.15, 0.2) is 5.58 Å². The number of hydrogen-bond acceptors (Lipinski definition) is 3. The summed E-state index contributed by atoms with van der Waals surface area (Å²) in [5, 5.41) is 5.95. The van der Waals surface area contributed by atoms with E-state index in [1.165, 1.54) is 5.56 Å². The number of aryl methyl sites for hydroxylation is 2. The fourth-order valence-corrected chi connectivity index (χ4v) is 2.74. The zero-order valence-corrected chi connectivity index (χ0v) is 13.4. The minimum Gasteiger partial charge on any atom is -0.488 e. The summed E-state index contributed by atoms with van der Waals surface area (Å²) < 4.78 is 11.4. The number of halogens is 1. The molecule has 0 atom stereocenters. The second-order valence-corrected chi connectivity index (χ2v) is 5.77. The van der Waals surface area contributed by atoms with E-state index < -0.39 is 0 Å². The van der Waals surface area contributed by atoms with E-state index in [1.807, 2.05) is 24.3 Å². The number of aromatic nitrogens is 1. The first-order valence-corrected chi connectivity index (χ1v) is 8.01. The minimum absolute atomic E-state index is 0.541. The van der Waals surface area contributed by atoms with Gasteiger partial charge in [-0.3, -0.25) is 0 Å². The van der Waals surface area contributed by atoms with E-state index in [2.05, 4.69) is 46.2 Å². The van der Waals surface area contributed by atoms with Crippen molar-refractivity contribution < 1.29 is 9.26 Å². The third kappa shape index (κ3) is 3.10. The summed E-state index contributed by atoms with van der Waals surface area (Å²) in [6.45, 7) is 2.62. The van der Waals surface area contributed by atoms with Crippen LogP contribution in [0.4, 0.5) is 0 Å². The van der Waals surface area contributed by atoms with Gasteiger partial charge in [0.1, 0.15) is 12.4 Å². The summed E-state index contributed by atoms with van der Waals surface area (Å²) in [6, 6.07) is 14.1. The fraction of sp³-hybridized carbons (Fsp3) is 0.235. The van der Waals surface area contributed by atoms with Gasteiger partial charge in [0.25, 0.3) is 0 Å². The Kier molecular flexibility index (Phi) is 4.25. The molecule has 0 unspecified atom stereocenters. The molecule has 21 heavy (non-hydrogen) atoms. The lowest BCUT2D eigenvalue weighted by atomic mass is 10.1. The van der Waals surface area contributed by atoms with Gasteiger partial charge in [-0.05, 0) is 24.6 Å². The summed E-state index contributed by atoms with van der Waals surface area (Å²) in [7, 11) is 0. The molecule has 1 heterocycles. The van der Waals surface area contributed by atoms with Crippen LogP contribution < -0.4 is 4.74 Å². The van der Waals surface area contributed by atoms with Gasteiger partial charge in [-0.15, -0.1) is 0 Å². The molecule has 3 aromatic rings. The zero-order valence-electron chi connectivity index (χ0n) is 11.8. The highest BCUT2D eigenvalue weighted by atomic mass is 79.9. The van der Waals surface area contributed by atoms with Crippen molar-refractivity contribution in [3.8, 4) is 5.75 Å². The Hall–Kier alpha value is -1.81. The van der Waals surface area contributed by atoms with E-state index in [1.54, 1.807) is 0 Å². The smallest absolute Gasteiger partial charge is 0.170 e. The Morgan fingerprint density at radius 1 is 1.19 bits per heavy atom. The topological polar surface area (TPSA) is 35.3 Å². The van der Waals surface area contributed by atoms with Crippen LogP contribution in [0.25, 0.3) is 11.0 Å². The lowest BCUT2D eigenvalue weighted by Gasteiger charge is -2.08. The summed E-state index contributed by atoms with van der Waals surface area (Å²) in [5.41, 5.74) is 4.10. The first-order valence-electron chi connectivity index (χ1n) is 6.89. The summed E-state index contributed by atoms with van der Waals surface area (Å²) in [6.07, 6.45) is 0.817. The van der Waals surface area contributed by atoms with Crippen molar-refractivity contribution in [2.45, 2.75) is 20.0 Å². The Morgan fingerprint density at radius 3 is 2.86 bits per heavy atom. The van der Waals surface area contributed by atoms with E-state index in [4.69, 9.17) is 9.26 Å². The van der Waals surface area contributed by atoms with Gasteiger partial charge < -0.3 is 9.26 Å². The van der Waals surface area contributed by atoms with Crippen LogP contribution in [-0.4, -0.2) is 10.5 Å². The second-order valence-electron chi connectivity index (χ2n) is 4.98. The van der Waals surface area contributed by atoms with Gasteiger partial charge in [-0.1, -0.05) is 57.0 Å². The van der Waals surface area contributed by atoms with Crippen LogP contribution in [0.15, 0.2) is 47.0 Å². The standard InChI is InChI=1S/C17H16BrNO2/c1-12-4-2-5-13(10-12)11-20-15-6-3-7-16-17(15)14(8-9-18)19-21-16/h2-7,10H,8-9,11H2,1H3. The number of hydrogen-bond donors (Lipinski definition) is 0. The minimum atomic E-state index is 0.541. The molecule has 0 saturated heterocycles. The van der Waals surface area contributed by atoms with Crippen LogP contribution in [0.2, 0.25) is 0 Å². The van der Waals surface area contributed by atoms with Crippen molar-refractivity contribution in [2.75, 3.05) is 5.33 Å². The number of nitrogens with zero attached hydrogens (tertiary/aromatic N) is 1. The Morgan fingerprint density at radius 2 is 2.05 bits per heavy atom. The lowest BCUT2D eigenvalue weighted by Crippen LogP contribution is -1.97. The molecule has 0 spiro atoms. The number of alkyl halides is 1. The van der Waals surface area contributed by atoms with Gasteiger partial charge in [0.2, 0.25) is 0 Å². The molecule has 1 aromatic heterocycles. The quantitative estimate of drug-likeness (QED) is 0.631. The van der Waals surface area contributed by atoms with Gasteiger partial charge in [-0.25, -0.2) is 0 Å². The molecular weight excluding hydrogens is 330 g/mol. The van der Waals surface area contributed by atoms with Crippen molar-refractivity contribution in [1.29, 1.82) is 0 Å². The molecule has 0 N–H and O–H groups in total. The molecular formula is C17H16BrNO2. The molecule has 0 amide bonds. The van der Waals surface area contributed by atoms with Crippen LogP contribution in [0.3, 0.4) is 0 Å². The van der Waals surface area contributed by atoms with E-state index in [0.29, 0.717) is 6.61 Å². The maximum atomic E-state index is 5.99. The van der Waals surface area contributed by atoms with Crippen LogP contribution in [0.5, 0.6) is 5.75 Å². The van der Waals surface area contributed by atoms with Crippen molar-refractivity contribution in [2.24, 2.45) is 0 Å². The van der Waals surface area contributed by atoms with Gasteiger partial charge >= 0.3 is 0 Å². The third-order valence-electron chi connectivity index (χ3n) is 3.34. The molecule has 3 nitrogen and oxygen atoms in total. The highest BCUT2D eigenvalue weighted by molar-refractivity contribution is 9.09. The SMILES string of the molecule is Cc1cccc(COc2cccc3onc(CCBr)c23)c1. The predicted molar refractivity (Wildman–Crippen MR) is 87.0 cm³/mol. The summed E-state index contributed by atoms with van der Waals surface area (Å²) in [5.74, 6) is 0.825. The van der Waals surface area contributed by atoms with E-state index in [-0.39, 0.29) is 0 Å². The lowest BCUT2D eigenvalue weighted by molar-refractivity contribution is 0.310. The third-order valence-corrected chi connectivity index (χ3v) is 3.74. The number of fused-ring (bicyclic) bond motifs is 1. The van der Waals surface area contributed by atoms with E-state index in [0.717, 1.165) is 39.7 Å². The van der Waals surface area contributed by atoms with Gasteiger partial charge in [0, 0.05) is 11.8 Å². The van der Waals surface area contributed by atoms with Crippen LogP contribution in [0.1, 0.15) is 16.8 Å². The molecule has 108 valence electrons. The van der Waals surface area contributed by atoms with Crippen LogP contribution >= 0.6 is 15.9 Å². The van der Waals surface area contributed by atoms with Crippen molar-refractivity contribution in [3.63, 3.8) is 0 Å². The van der Waals surface area contributed by atoms with Gasteiger partial charge in [-0.2, -0.15) is 0 Å². The predicted octanol–water partition coefficient (Wildman–Crippen LogP) is 4.65. The average Bonchev–Trinajstić information content (AvgIpc) is 2.90. The second kappa shape index (κ2) is 6.31. The Balaban J connectivity index is 1.88. The maximum Gasteiger partial charge on any atom is 0.170 e. The van der Waals surface area contributed by atoms with Gasteiger partial charge in [0.05, 0.1) is 11.1 Å². The molecule has 4 heteroatoms. The van der Waals surface area contributed by atoms with Crippen molar-refractivity contribution in [1.82, 2.24) is 5.16 Å². The molecule has 2 aromatic carbocycles. The zero-order chi connectivity index (χ0) is 14.7. The maximum absolute atomic E-state index is 5.99. The molecule has 0 aliphatic carbocycles. The van der Waals surface area contributed by atoms with Crippen molar-refractivity contribution >= 4 is 26.9 Å². The van der Waals surface area contributed by atoms with E-state index in [9.17, 15) is 0 Å². The normalized spacial score (nSPS) is 11.0. The molecule has 0 bridgehead atoms. The molecule has 0 aliphatic rings. The molecule has 0 aliphatic heterocycles. The summed E-state index contributed by atoms with van der Waals surface area (Å²) in [4.78, 5) is 0. The van der Waals surface area contributed by atoms with Crippen molar-refractivity contribution in [3.05, 3.63) is 59.3 Å². The average molecular weight is 346 g/mol. The number of ether oxygens (including phenoxy) is 1. The van der Waals surface area contributed by atoms with E-state index >= 15 is 0 Å². The van der Waals surface area contributed by atoms with Crippen LogP contribution in [-0.2, 0) is 13.0 Å². The summed E-state index contributed by atoms with van der Waals surface area (Å²) >= 11 is 3.44. The first kappa shape index (κ1) is 14.1. The highest BCUT2D eigenvalue weighted by Gasteiger charge is 2.13. The monoisotopic (exact) mass is 345 g/mol. The number of rotatable bonds is 5. The fourth-order valence-electron chi connectivity index (χ4n) is 2.36. The molecule has 3 rings (SSSR count). The molecule has 0 saturated carbocycles. The molecule has 0 fully saturated rings. The van der Waals surface area contributed by atoms with Crippen LogP contribution in [0, 0.1) is 6.92 Å². The highest BCUT2D eigenvalue weighted by Crippen LogP contribution is 2.30. The first-order chi connectivity index (χ1) is 10.3. The largest absolute Gasteiger partial charge is 0.488 e. The molecule has 0 radical (unpaired) electrons. The Labute approximate surface area is 132 Å².